The van der Waals surface area contributed by atoms with E-state index < -0.39 is 0 Å². The Balaban J connectivity index is 1.69. The molecular weight excluding hydrogens is 362 g/mol. The number of para-hydroxylation sites is 2. The van der Waals surface area contributed by atoms with Crippen LogP contribution in [-0.4, -0.2) is 22.6 Å². The molecule has 0 spiro atoms. The third-order valence-electron chi connectivity index (χ3n) is 4.81. The number of nitrogens with zero attached hydrogens (tertiary/aromatic N) is 2. The first-order valence-electron chi connectivity index (χ1n) is 9.51. The van der Waals surface area contributed by atoms with Crippen molar-refractivity contribution in [3.8, 4) is 17.1 Å². The summed E-state index contributed by atoms with van der Waals surface area (Å²) in [5.41, 5.74) is 5.76. The number of anilines is 1. The van der Waals surface area contributed by atoms with Crippen LogP contribution in [-0.2, 0) is 11.3 Å². The van der Waals surface area contributed by atoms with Crippen molar-refractivity contribution in [2.24, 2.45) is 0 Å². The highest BCUT2D eigenvalue weighted by atomic mass is 16.5. The van der Waals surface area contributed by atoms with E-state index in [1.807, 2.05) is 79.1 Å². The summed E-state index contributed by atoms with van der Waals surface area (Å²) in [6.45, 7) is 4.22. The van der Waals surface area contributed by atoms with Crippen molar-refractivity contribution in [2.45, 2.75) is 20.4 Å². The van der Waals surface area contributed by atoms with Crippen molar-refractivity contribution in [3.05, 3.63) is 77.9 Å². The molecule has 0 radical (unpaired) electrons. The van der Waals surface area contributed by atoms with E-state index >= 15 is 0 Å². The van der Waals surface area contributed by atoms with E-state index in [-0.39, 0.29) is 12.5 Å². The van der Waals surface area contributed by atoms with Crippen molar-refractivity contribution >= 4 is 22.6 Å². The van der Waals surface area contributed by atoms with Gasteiger partial charge in [-0.2, -0.15) is 0 Å². The summed E-state index contributed by atoms with van der Waals surface area (Å²) in [6.07, 6.45) is 0. The summed E-state index contributed by atoms with van der Waals surface area (Å²) in [5.74, 6) is 1.45. The molecule has 5 nitrogen and oxygen atoms in total. The Bertz CT molecular complexity index is 1160. The van der Waals surface area contributed by atoms with Crippen LogP contribution >= 0.6 is 0 Å². The van der Waals surface area contributed by atoms with Crippen LogP contribution in [0.1, 0.15) is 11.1 Å². The minimum atomic E-state index is -0.0899. The fraction of sp³-hybridized carbons (Fsp3) is 0.167. The molecule has 1 aromatic heterocycles. The molecule has 4 aromatic rings. The number of carbonyl (C=O) groups excluding carboxylic acids is 1. The zero-order valence-corrected chi connectivity index (χ0v) is 16.8. The molecule has 0 bridgehead atoms. The molecule has 4 rings (SSSR count). The molecule has 1 heterocycles. The molecule has 0 unspecified atom stereocenters. The SMILES string of the molecule is COc1ccc(-c2nc3ccccc3n2CC(=O)Nc2cc(C)cc(C)c2)cc1. The first kappa shape index (κ1) is 18.7. The second-order valence-electron chi connectivity index (χ2n) is 7.16. The normalized spacial score (nSPS) is 10.9. The monoisotopic (exact) mass is 385 g/mol. The minimum Gasteiger partial charge on any atom is -0.497 e. The number of methoxy groups -OCH3 is 1. The second kappa shape index (κ2) is 7.80. The second-order valence-corrected chi connectivity index (χ2v) is 7.16. The van der Waals surface area contributed by atoms with Crippen LogP contribution in [0.25, 0.3) is 22.4 Å². The Morgan fingerprint density at radius 3 is 2.38 bits per heavy atom. The van der Waals surface area contributed by atoms with Gasteiger partial charge >= 0.3 is 0 Å². The molecular formula is C24H23N3O2. The van der Waals surface area contributed by atoms with E-state index in [0.717, 1.165) is 45.0 Å². The number of ether oxygens (including phenoxy) is 1. The van der Waals surface area contributed by atoms with Crippen molar-refractivity contribution in [1.82, 2.24) is 9.55 Å². The standard InChI is InChI=1S/C24H23N3O2/c1-16-12-17(2)14-19(13-16)25-23(28)15-27-22-7-5-4-6-21(22)26-24(27)18-8-10-20(29-3)11-9-18/h4-14H,15H2,1-3H3,(H,25,28). The van der Waals surface area contributed by atoms with Gasteiger partial charge in [0.05, 0.1) is 18.1 Å². The average molecular weight is 385 g/mol. The maximum Gasteiger partial charge on any atom is 0.244 e. The number of benzene rings is 3. The number of amides is 1. The van der Waals surface area contributed by atoms with E-state index in [4.69, 9.17) is 9.72 Å². The van der Waals surface area contributed by atoms with E-state index in [2.05, 4.69) is 11.4 Å². The smallest absolute Gasteiger partial charge is 0.244 e. The van der Waals surface area contributed by atoms with Gasteiger partial charge in [-0.25, -0.2) is 4.98 Å². The van der Waals surface area contributed by atoms with Crippen LogP contribution in [0.4, 0.5) is 5.69 Å². The van der Waals surface area contributed by atoms with Crippen molar-refractivity contribution in [2.75, 3.05) is 12.4 Å². The van der Waals surface area contributed by atoms with Crippen LogP contribution < -0.4 is 10.1 Å². The van der Waals surface area contributed by atoms with Crippen LogP contribution in [0.5, 0.6) is 5.75 Å². The largest absolute Gasteiger partial charge is 0.497 e. The predicted molar refractivity (Wildman–Crippen MR) is 116 cm³/mol. The van der Waals surface area contributed by atoms with Gasteiger partial charge < -0.3 is 14.6 Å². The van der Waals surface area contributed by atoms with E-state index in [1.54, 1.807) is 7.11 Å². The van der Waals surface area contributed by atoms with Crippen LogP contribution in [0.15, 0.2) is 66.7 Å². The summed E-state index contributed by atoms with van der Waals surface area (Å²) in [5, 5.41) is 3.02. The molecule has 3 aromatic carbocycles. The Morgan fingerprint density at radius 2 is 1.69 bits per heavy atom. The highest BCUT2D eigenvalue weighted by Crippen LogP contribution is 2.26. The minimum absolute atomic E-state index is 0.0899. The highest BCUT2D eigenvalue weighted by Gasteiger charge is 2.15. The molecule has 0 aliphatic rings. The number of aryl methyl sites for hydroxylation is 2. The average Bonchev–Trinajstić information content (AvgIpc) is 3.05. The lowest BCUT2D eigenvalue weighted by atomic mass is 10.1. The summed E-state index contributed by atoms with van der Waals surface area (Å²) < 4.78 is 7.21. The molecule has 1 N–H and O–H groups in total. The number of hydrogen-bond donors (Lipinski definition) is 1. The Hall–Kier alpha value is -3.60. The summed E-state index contributed by atoms with van der Waals surface area (Å²) in [6, 6.07) is 21.6. The maximum atomic E-state index is 12.9. The number of rotatable bonds is 5. The summed E-state index contributed by atoms with van der Waals surface area (Å²) >= 11 is 0. The first-order chi connectivity index (χ1) is 14.0. The first-order valence-corrected chi connectivity index (χ1v) is 9.51. The number of aromatic nitrogens is 2. The predicted octanol–water partition coefficient (Wildman–Crippen LogP) is 4.97. The lowest BCUT2D eigenvalue weighted by Crippen LogP contribution is -2.19. The quantitative estimate of drug-likeness (QED) is 0.528. The van der Waals surface area contributed by atoms with Crippen LogP contribution in [0.2, 0.25) is 0 Å². The number of nitrogens with one attached hydrogen (secondary N) is 1. The van der Waals surface area contributed by atoms with Gasteiger partial charge in [0.2, 0.25) is 5.91 Å². The third kappa shape index (κ3) is 3.99. The van der Waals surface area contributed by atoms with Crippen molar-refractivity contribution in [1.29, 1.82) is 0 Å². The molecule has 146 valence electrons. The number of carbonyl (C=O) groups is 1. The van der Waals surface area contributed by atoms with Gasteiger partial charge in [0.15, 0.2) is 0 Å². The molecule has 29 heavy (non-hydrogen) atoms. The topological polar surface area (TPSA) is 56.2 Å². The number of hydrogen-bond acceptors (Lipinski definition) is 3. The Kier molecular flexibility index (Phi) is 5.04. The zero-order valence-electron chi connectivity index (χ0n) is 16.8. The van der Waals surface area contributed by atoms with Crippen molar-refractivity contribution in [3.63, 3.8) is 0 Å². The molecule has 0 saturated carbocycles. The maximum absolute atomic E-state index is 12.9. The molecule has 0 saturated heterocycles. The van der Waals surface area contributed by atoms with Crippen LogP contribution in [0, 0.1) is 13.8 Å². The number of imidazole rings is 1. The van der Waals surface area contributed by atoms with Gasteiger partial charge in [-0.05, 0) is 73.5 Å². The molecule has 0 fully saturated rings. The molecule has 0 aliphatic carbocycles. The summed E-state index contributed by atoms with van der Waals surface area (Å²) in [4.78, 5) is 17.6. The fourth-order valence-electron chi connectivity index (χ4n) is 3.59. The van der Waals surface area contributed by atoms with Gasteiger partial charge in [0, 0.05) is 11.3 Å². The number of fused-ring (bicyclic) bond motifs is 1. The van der Waals surface area contributed by atoms with Gasteiger partial charge in [0.1, 0.15) is 18.1 Å². The Morgan fingerprint density at radius 1 is 1.00 bits per heavy atom. The fourth-order valence-corrected chi connectivity index (χ4v) is 3.59. The van der Waals surface area contributed by atoms with Gasteiger partial charge in [0.25, 0.3) is 0 Å². The van der Waals surface area contributed by atoms with Crippen LogP contribution in [0.3, 0.4) is 0 Å². The molecule has 5 heteroatoms. The van der Waals surface area contributed by atoms with Crippen molar-refractivity contribution < 1.29 is 9.53 Å². The highest BCUT2D eigenvalue weighted by molar-refractivity contribution is 5.92. The van der Waals surface area contributed by atoms with E-state index in [1.165, 1.54) is 0 Å². The lowest BCUT2D eigenvalue weighted by molar-refractivity contribution is -0.116. The molecule has 1 amide bonds. The van der Waals surface area contributed by atoms with E-state index in [9.17, 15) is 4.79 Å². The molecule has 0 atom stereocenters. The summed E-state index contributed by atoms with van der Waals surface area (Å²) in [7, 11) is 1.64. The lowest BCUT2D eigenvalue weighted by Gasteiger charge is -2.11. The molecule has 0 aliphatic heterocycles. The zero-order chi connectivity index (χ0) is 20.4. The van der Waals surface area contributed by atoms with E-state index in [0.29, 0.717) is 0 Å². The van der Waals surface area contributed by atoms with Gasteiger partial charge in [-0.3, -0.25) is 4.79 Å². The third-order valence-corrected chi connectivity index (χ3v) is 4.81. The van der Waals surface area contributed by atoms with Gasteiger partial charge in [-0.1, -0.05) is 18.2 Å². The van der Waals surface area contributed by atoms with Gasteiger partial charge in [-0.15, -0.1) is 0 Å². The Labute approximate surface area is 170 Å².